The van der Waals surface area contributed by atoms with Crippen molar-refractivity contribution in [3.63, 3.8) is 0 Å². The minimum absolute atomic E-state index is 0.0480. The summed E-state index contributed by atoms with van der Waals surface area (Å²) in [6, 6.07) is -0.372. The van der Waals surface area contributed by atoms with Crippen molar-refractivity contribution in [2.45, 2.75) is 33.2 Å². The highest BCUT2D eigenvalue weighted by Crippen LogP contribution is 2.16. The fourth-order valence-corrected chi connectivity index (χ4v) is 1.95. The van der Waals surface area contributed by atoms with E-state index in [0.717, 1.165) is 5.57 Å². The number of carbonyl (C=O) groups is 2. The van der Waals surface area contributed by atoms with Crippen molar-refractivity contribution in [1.29, 1.82) is 0 Å². The van der Waals surface area contributed by atoms with Gasteiger partial charge in [-0.1, -0.05) is 25.4 Å². The summed E-state index contributed by atoms with van der Waals surface area (Å²) in [7, 11) is 0. The molecule has 5 heteroatoms. The van der Waals surface area contributed by atoms with E-state index in [2.05, 4.69) is 5.32 Å². The molecule has 0 aromatic rings. The van der Waals surface area contributed by atoms with E-state index in [4.69, 9.17) is 11.6 Å². The zero-order valence-corrected chi connectivity index (χ0v) is 11.3. The van der Waals surface area contributed by atoms with Gasteiger partial charge < -0.3 is 10.2 Å². The fraction of sp³-hybridized carbons (Fsp3) is 0.667. The predicted octanol–water partition coefficient (Wildman–Crippen LogP) is 1.50. The third kappa shape index (κ3) is 3.73. The van der Waals surface area contributed by atoms with E-state index in [-0.39, 0.29) is 24.4 Å². The van der Waals surface area contributed by atoms with Gasteiger partial charge in [0.05, 0.1) is 6.54 Å². The first kappa shape index (κ1) is 14.0. The molecule has 1 N–H and O–H groups in total. The predicted molar refractivity (Wildman–Crippen MR) is 67.6 cm³/mol. The summed E-state index contributed by atoms with van der Waals surface area (Å²) in [5.41, 5.74) is 2.33. The van der Waals surface area contributed by atoms with Crippen LogP contribution in [0.25, 0.3) is 0 Å². The molecule has 0 aliphatic carbocycles. The molecule has 2 amide bonds. The third-order valence-corrected chi connectivity index (χ3v) is 3.09. The Morgan fingerprint density at radius 2 is 2.24 bits per heavy atom. The van der Waals surface area contributed by atoms with Crippen LogP contribution < -0.4 is 5.32 Å². The summed E-state index contributed by atoms with van der Waals surface area (Å²) in [5.74, 6) is 0.244. The van der Waals surface area contributed by atoms with Gasteiger partial charge >= 0.3 is 0 Å². The van der Waals surface area contributed by atoms with E-state index in [1.165, 1.54) is 5.54 Å². The Hall–Kier alpha value is -1.03. The quantitative estimate of drug-likeness (QED) is 0.831. The van der Waals surface area contributed by atoms with E-state index in [9.17, 15) is 9.59 Å². The molecule has 1 fully saturated rings. The Labute approximate surface area is 107 Å². The molecule has 0 spiro atoms. The molecule has 4 nitrogen and oxygen atoms in total. The SMILES string of the molecule is CC(=CCl)CN1C(=O)CNC(=O)C1CC(C)C. The number of carbonyl (C=O) groups excluding carboxylic acids is 2. The van der Waals surface area contributed by atoms with Gasteiger partial charge in [-0.15, -0.1) is 0 Å². The van der Waals surface area contributed by atoms with Gasteiger partial charge in [0, 0.05) is 12.1 Å². The molecule has 0 bridgehead atoms. The first-order valence-electron chi connectivity index (χ1n) is 5.78. The van der Waals surface area contributed by atoms with Crippen molar-refractivity contribution in [1.82, 2.24) is 10.2 Å². The molecular weight excluding hydrogens is 240 g/mol. The second-order valence-electron chi connectivity index (χ2n) is 4.84. The molecule has 0 aromatic heterocycles. The lowest BCUT2D eigenvalue weighted by Crippen LogP contribution is -2.58. The number of nitrogens with zero attached hydrogens (tertiary/aromatic N) is 1. The number of nitrogens with one attached hydrogen (secondary N) is 1. The number of rotatable bonds is 4. The molecule has 0 saturated carbocycles. The maximum absolute atomic E-state index is 11.8. The van der Waals surface area contributed by atoms with Crippen LogP contribution >= 0.6 is 11.6 Å². The van der Waals surface area contributed by atoms with Crippen LogP contribution in [0.1, 0.15) is 27.2 Å². The first-order chi connectivity index (χ1) is 7.95. The molecule has 1 saturated heterocycles. The van der Waals surface area contributed by atoms with Crippen molar-refractivity contribution in [3.05, 3.63) is 11.1 Å². The average molecular weight is 259 g/mol. The highest BCUT2D eigenvalue weighted by Gasteiger charge is 2.34. The van der Waals surface area contributed by atoms with Gasteiger partial charge in [0.1, 0.15) is 6.04 Å². The summed E-state index contributed by atoms with van der Waals surface area (Å²) in [6.45, 7) is 6.43. The van der Waals surface area contributed by atoms with Crippen LogP contribution in [0.2, 0.25) is 0 Å². The van der Waals surface area contributed by atoms with Crippen LogP contribution in [0, 0.1) is 5.92 Å². The van der Waals surface area contributed by atoms with Crippen molar-refractivity contribution in [2.24, 2.45) is 5.92 Å². The van der Waals surface area contributed by atoms with E-state index in [1.807, 2.05) is 20.8 Å². The zero-order chi connectivity index (χ0) is 13.0. The van der Waals surface area contributed by atoms with Crippen LogP contribution in [0.15, 0.2) is 11.1 Å². The monoisotopic (exact) mass is 258 g/mol. The third-order valence-electron chi connectivity index (χ3n) is 2.71. The number of piperazine rings is 1. The van der Waals surface area contributed by atoms with Gasteiger partial charge in [0.25, 0.3) is 0 Å². The molecule has 1 heterocycles. The lowest BCUT2D eigenvalue weighted by Gasteiger charge is -2.36. The van der Waals surface area contributed by atoms with Crippen molar-refractivity contribution < 1.29 is 9.59 Å². The van der Waals surface area contributed by atoms with Gasteiger partial charge in [-0.3, -0.25) is 9.59 Å². The Bertz CT molecular complexity index is 339. The molecule has 1 aliphatic rings. The summed E-state index contributed by atoms with van der Waals surface area (Å²) in [5, 5.41) is 2.63. The standard InChI is InChI=1S/C12H19ClN2O2/c1-8(2)4-10-12(17)14-6-11(16)15(10)7-9(3)5-13/h5,8,10H,4,6-7H2,1-3H3,(H,14,17). The lowest BCUT2D eigenvalue weighted by atomic mass is 9.99. The Balaban J connectivity index is 2.83. The Kier molecular flexibility index (Phi) is 5.00. The smallest absolute Gasteiger partial charge is 0.243 e. The van der Waals surface area contributed by atoms with Crippen LogP contribution in [0.3, 0.4) is 0 Å². The number of hydrogen-bond donors (Lipinski definition) is 1. The molecular formula is C12H19ClN2O2. The minimum Gasteiger partial charge on any atom is -0.345 e. The summed E-state index contributed by atoms with van der Waals surface area (Å²) in [6.07, 6.45) is 0.674. The van der Waals surface area contributed by atoms with E-state index in [1.54, 1.807) is 4.90 Å². The normalized spacial score (nSPS) is 22.1. The molecule has 96 valence electrons. The van der Waals surface area contributed by atoms with Crippen molar-refractivity contribution >= 4 is 23.4 Å². The summed E-state index contributed by atoms with van der Waals surface area (Å²) >= 11 is 5.61. The molecule has 17 heavy (non-hydrogen) atoms. The number of hydrogen-bond acceptors (Lipinski definition) is 2. The summed E-state index contributed by atoms with van der Waals surface area (Å²) < 4.78 is 0. The molecule has 0 radical (unpaired) electrons. The second-order valence-corrected chi connectivity index (χ2v) is 5.06. The van der Waals surface area contributed by atoms with E-state index >= 15 is 0 Å². The molecule has 0 aromatic carbocycles. The Morgan fingerprint density at radius 1 is 1.59 bits per heavy atom. The topological polar surface area (TPSA) is 49.4 Å². The second kappa shape index (κ2) is 6.05. The first-order valence-corrected chi connectivity index (χ1v) is 6.22. The van der Waals surface area contributed by atoms with Gasteiger partial charge in [-0.05, 0) is 24.8 Å². The highest BCUT2D eigenvalue weighted by molar-refractivity contribution is 6.25. The van der Waals surface area contributed by atoms with Crippen LogP contribution in [0.5, 0.6) is 0 Å². The fourth-order valence-electron chi connectivity index (χ4n) is 1.88. The average Bonchev–Trinajstić information content (AvgIpc) is 2.27. The van der Waals surface area contributed by atoms with Crippen LogP contribution in [-0.2, 0) is 9.59 Å². The zero-order valence-electron chi connectivity index (χ0n) is 10.5. The van der Waals surface area contributed by atoms with Crippen LogP contribution in [0.4, 0.5) is 0 Å². The minimum atomic E-state index is -0.372. The number of amides is 2. The van der Waals surface area contributed by atoms with Crippen molar-refractivity contribution in [3.8, 4) is 0 Å². The van der Waals surface area contributed by atoms with Gasteiger partial charge in [0.2, 0.25) is 11.8 Å². The molecule has 1 atom stereocenters. The van der Waals surface area contributed by atoms with E-state index < -0.39 is 0 Å². The van der Waals surface area contributed by atoms with E-state index in [0.29, 0.717) is 18.9 Å². The van der Waals surface area contributed by atoms with Crippen LogP contribution in [-0.4, -0.2) is 35.8 Å². The lowest BCUT2D eigenvalue weighted by molar-refractivity contribution is -0.145. The molecule has 1 unspecified atom stereocenters. The maximum atomic E-state index is 11.8. The van der Waals surface area contributed by atoms with Gasteiger partial charge in [-0.25, -0.2) is 0 Å². The highest BCUT2D eigenvalue weighted by atomic mass is 35.5. The summed E-state index contributed by atoms with van der Waals surface area (Å²) in [4.78, 5) is 25.2. The molecule has 1 aliphatic heterocycles. The Morgan fingerprint density at radius 3 is 2.76 bits per heavy atom. The van der Waals surface area contributed by atoms with Gasteiger partial charge in [0.15, 0.2) is 0 Å². The largest absolute Gasteiger partial charge is 0.345 e. The molecule has 1 rings (SSSR count). The number of halogens is 1. The van der Waals surface area contributed by atoms with Crippen molar-refractivity contribution in [2.75, 3.05) is 13.1 Å². The maximum Gasteiger partial charge on any atom is 0.243 e. The van der Waals surface area contributed by atoms with Gasteiger partial charge in [-0.2, -0.15) is 0 Å².